The second kappa shape index (κ2) is 7.06. The number of fused-ring (bicyclic) bond motifs is 2. The molecule has 4 rings (SSSR count). The summed E-state index contributed by atoms with van der Waals surface area (Å²) in [7, 11) is 1.41. The maximum absolute atomic E-state index is 12.6. The zero-order valence-corrected chi connectivity index (χ0v) is 17.3. The van der Waals surface area contributed by atoms with Gasteiger partial charge in [-0.3, -0.25) is 4.79 Å². The molecule has 3 saturated carbocycles. The SMILES string of the molecule is COC(=O)[C@H]1C[C@@H](O)CC[C@]1(C)[C@H]1CC[C@@]2(C)C(CCC23OCCO3)[C@@H]1C=O. The molecule has 1 N–H and O–H groups in total. The Labute approximate surface area is 167 Å². The van der Waals surface area contributed by atoms with Crippen LogP contribution in [0.1, 0.15) is 58.8 Å². The summed E-state index contributed by atoms with van der Waals surface area (Å²) in [6, 6.07) is 0. The smallest absolute Gasteiger partial charge is 0.309 e. The molecule has 4 fully saturated rings. The quantitative estimate of drug-likeness (QED) is 0.585. The number of hydrogen-bond acceptors (Lipinski definition) is 6. The molecule has 1 saturated heterocycles. The van der Waals surface area contributed by atoms with Crippen LogP contribution in [0, 0.1) is 34.5 Å². The van der Waals surface area contributed by atoms with Crippen LogP contribution in [0.15, 0.2) is 0 Å². The van der Waals surface area contributed by atoms with E-state index in [0.717, 1.165) is 38.4 Å². The maximum atomic E-state index is 12.6. The molecule has 3 aliphatic carbocycles. The van der Waals surface area contributed by atoms with E-state index in [1.807, 2.05) is 0 Å². The number of aldehydes is 1. The van der Waals surface area contributed by atoms with Crippen LogP contribution in [0.25, 0.3) is 0 Å². The van der Waals surface area contributed by atoms with E-state index in [0.29, 0.717) is 26.1 Å². The lowest BCUT2D eigenvalue weighted by Crippen LogP contribution is -2.56. The van der Waals surface area contributed by atoms with Crippen LogP contribution in [-0.2, 0) is 23.8 Å². The number of esters is 1. The average molecular weight is 395 g/mol. The van der Waals surface area contributed by atoms with E-state index in [-0.39, 0.29) is 40.5 Å². The van der Waals surface area contributed by atoms with Crippen molar-refractivity contribution in [3.63, 3.8) is 0 Å². The Morgan fingerprint density at radius 1 is 1.07 bits per heavy atom. The van der Waals surface area contributed by atoms with E-state index in [1.54, 1.807) is 0 Å². The van der Waals surface area contributed by atoms with Crippen molar-refractivity contribution in [2.45, 2.75) is 70.7 Å². The van der Waals surface area contributed by atoms with Gasteiger partial charge in [-0.15, -0.1) is 0 Å². The summed E-state index contributed by atoms with van der Waals surface area (Å²) in [6.45, 7) is 5.61. The highest BCUT2D eigenvalue weighted by Gasteiger charge is 2.67. The number of carbonyl (C=O) groups is 2. The van der Waals surface area contributed by atoms with Crippen molar-refractivity contribution in [1.29, 1.82) is 0 Å². The van der Waals surface area contributed by atoms with Gasteiger partial charge in [0.2, 0.25) is 0 Å². The molecule has 0 aromatic carbocycles. The minimum absolute atomic E-state index is 0.108. The molecule has 7 atom stereocenters. The third kappa shape index (κ3) is 2.71. The molecule has 0 amide bonds. The van der Waals surface area contributed by atoms with E-state index in [2.05, 4.69) is 13.8 Å². The lowest BCUT2D eigenvalue weighted by atomic mass is 9.49. The van der Waals surface area contributed by atoms with Gasteiger partial charge in [0.25, 0.3) is 0 Å². The third-order valence-electron chi connectivity index (χ3n) is 8.94. The van der Waals surface area contributed by atoms with Gasteiger partial charge >= 0.3 is 5.97 Å². The van der Waals surface area contributed by atoms with Gasteiger partial charge in [0.1, 0.15) is 6.29 Å². The number of aliphatic hydroxyl groups is 1. The number of hydrogen-bond donors (Lipinski definition) is 1. The molecule has 1 heterocycles. The largest absolute Gasteiger partial charge is 0.469 e. The summed E-state index contributed by atoms with van der Waals surface area (Å²) >= 11 is 0. The van der Waals surface area contributed by atoms with Crippen molar-refractivity contribution in [2.24, 2.45) is 34.5 Å². The molecule has 1 spiro atoms. The Balaban J connectivity index is 1.66. The normalized spacial score (nSPS) is 47.6. The predicted octanol–water partition coefficient (Wildman–Crippen LogP) is 2.71. The van der Waals surface area contributed by atoms with Gasteiger partial charge in [0.15, 0.2) is 5.79 Å². The first-order chi connectivity index (χ1) is 13.3. The second-order valence-corrected chi connectivity index (χ2v) is 9.88. The lowest BCUT2D eigenvalue weighted by molar-refractivity contribution is -0.242. The Morgan fingerprint density at radius 3 is 2.39 bits per heavy atom. The molecular formula is C22H34O6. The average Bonchev–Trinajstić information content (AvgIpc) is 3.29. The molecule has 0 radical (unpaired) electrons. The second-order valence-electron chi connectivity index (χ2n) is 9.88. The van der Waals surface area contributed by atoms with Gasteiger partial charge < -0.3 is 24.1 Å². The van der Waals surface area contributed by atoms with Crippen molar-refractivity contribution >= 4 is 12.3 Å². The summed E-state index contributed by atoms with van der Waals surface area (Å²) in [5.41, 5.74) is -0.511. The van der Waals surface area contributed by atoms with Crippen LogP contribution in [0.5, 0.6) is 0 Å². The number of aliphatic hydroxyl groups excluding tert-OH is 1. The first kappa shape index (κ1) is 20.3. The summed E-state index contributed by atoms with van der Waals surface area (Å²) in [6.07, 6.45) is 6.03. The van der Waals surface area contributed by atoms with Gasteiger partial charge in [-0.2, -0.15) is 0 Å². The number of rotatable bonds is 3. The zero-order valence-electron chi connectivity index (χ0n) is 17.3. The molecular weight excluding hydrogens is 360 g/mol. The monoisotopic (exact) mass is 394 g/mol. The van der Waals surface area contributed by atoms with Crippen molar-refractivity contribution in [2.75, 3.05) is 20.3 Å². The van der Waals surface area contributed by atoms with E-state index >= 15 is 0 Å². The van der Waals surface area contributed by atoms with Crippen LogP contribution in [0.2, 0.25) is 0 Å². The van der Waals surface area contributed by atoms with E-state index in [9.17, 15) is 14.7 Å². The number of carbonyl (C=O) groups excluding carboxylic acids is 2. The van der Waals surface area contributed by atoms with Gasteiger partial charge in [0, 0.05) is 17.8 Å². The minimum atomic E-state index is -0.546. The van der Waals surface area contributed by atoms with Crippen LogP contribution in [0.3, 0.4) is 0 Å². The molecule has 1 unspecified atom stereocenters. The topological polar surface area (TPSA) is 82.1 Å². The standard InChI is InChI=1S/C22H34O6/c1-20(7-4-14(24)12-18(20)19(25)26-3)16-5-8-21(2)17(15(16)13-23)6-9-22(21)27-10-11-28-22/h13-18,24H,4-12H2,1-3H3/t14-,15+,16-,17?,18+,20+,21-/m0/s1. The van der Waals surface area contributed by atoms with Crippen LogP contribution >= 0.6 is 0 Å². The first-order valence-electron chi connectivity index (χ1n) is 10.8. The lowest BCUT2D eigenvalue weighted by Gasteiger charge is -2.56. The van der Waals surface area contributed by atoms with Crippen LogP contribution in [0.4, 0.5) is 0 Å². The first-order valence-corrected chi connectivity index (χ1v) is 10.8. The summed E-state index contributed by atoms with van der Waals surface area (Å²) in [4.78, 5) is 25.0. The van der Waals surface area contributed by atoms with Gasteiger partial charge in [-0.1, -0.05) is 13.8 Å². The van der Waals surface area contributed by atoms with Crippen molar-refractivity contribution < 1.29 is 28.9 Å². The highest BCUT2D eigenvalue weighted by atomic mass is 16.7. The van der Waals surface area contributed by atoms with Gasteiger partial charge in [-0.05, 0) is 55.8 Å². The van der Waals surface area contributed by atoms with Gasteiger partial charge in [0.05, 0.1) is 32.3 Å². The van der Waals surface area contributed by atoms with E-state index in [1.165, 1.54) is 7.11 Å². The molecule has 0 aromatic heterocycles. The molecule has 6 nitrogen and oxygen atoms in total. The van der Waals surface area contributed by atoms with E-state index < -0.39 is 11.9 Å². The molecule has 0 bridgehead atoms. The fourth-order valence-electron chi connectivity index (χ4n) is 7.30. The molecule has 0 aromatic rings. The Kier molecular flexibility index (Phi) is 5.12. The van der Waals surface area contributed by atoms with Crippen molar-refractivity contribution in [3.05, 3.63) is 0 Å². The maximum Gasteiger partial charge on any atom is 0.309 e. The fourth-order valence-corrected chi connectivity index (χ4v) is 7.30. The Morgan fingerprint density at radius 2 is 1.75 bits per heavy atom. The zero-order chi connectivity index (χ0) is 20.2. The summed E-state index contributed by atoms with van der Waals surface area (Å²) in [5, 5.41) is 10.2. The van der Waals surface area contributed by atoms with E-state index in [4.69, 9.17) is 14.2 Å². The summed E-state index contributed by atoms with van der Waals surface area (Å²) in [5.74, 6) is -0.995. The Hall–Kier alpha value is -0.980. The molecule has 158 valence electrons. The third-order valence-corrected chi connectivity index (χ3v) is 8.94. The highest BCUT2D eigenvalue weighted by molar-refractivity contribution is 5.73. The van der Waals surface area contributed by atoms with Gasteiger partial charge in [-0.25, -0.2) is 0 Å². The predicted molar refractivity (Wildman–Crippen MR) is 101 cm³/mol. The number of methoxy groups -OCH3 is 1. The highest BCUT2D eigenvalue weighted by Crippen LogP contribution is 2.66. The van der Waals surface area contributed by atoms with Crippen LogP contribution < -0.4 is 0 Å². The molecule has 4 aliphatic rings. The minimum Gasteiger partial charge on any atom is -0.469 e. The summed E-state index contributed by atoms with van der Waals surface area (Å²) < 4.78 is 17.3. The van der Waals surface area contributed by atoms with Crippen molar-refractivity contribution in [3.8, 4) is 0 Å². The Bertz CT molecular complexity index is 629. The molecule has 6 heteroatoms. The molecule has 1 aliphatic heterocycles. The molecule has 28 heavy (non-hydrogen) atoms. The number of ether oxygens (including phenoxy) is 3. The van der Waals surface area contributed by atoms with Crippen LogP contribution in [-0.4, -0.2) is 49.6 Å². The van der Waals surface area contributed by atoms with Crippen molar-refractivity contribution in [1.82, 2.24) is 0 Å². The fraction of sp³-hybridized carbons (Fsp3) is 0.909.